The van der Waals surface area contributed by atoms with Gasteiger partial charge in [0.25, 0.3) is 5.91 Å². The third-order valence-corrected chi connectivity index (χ3v) is 3.35. The number of carbonyl (C=O) groups excluding carboxylic acids is 1. The van der Waals surface area contributed by atoms with Crippen LogP contribution in [0.5, 0.6) is 0 Å². The van der Waals surface area contributed by atoms with Crippen molar-refractivity contribution in [2.75, 3.05) is 13.1 Å². The highest BCUT2D eigenvalue weighted by Crippen LogP contribution is 2.22. The van der Waals surface area contributed by atoms with Gasteiger partial charge in [0.1, 0.15) is 0 Å². The van der Waals surface area contributed by atoms with Gasteiger partial charge in [-0.15, -0.1) is 0 Å². The van der Waals surface area contributed by atoms with Crippen LogP contribution in [0.1, 0.15) is 28.0 Å². The van der Waals surface area contributed by atoms with Gasteiger partial charge in [0.05, 0.1) is 0 Å². The van der Waals surface area contributed by atoms with Gasteiger partial charge >= 0.3 is 0 Å². The zero-order chi connectivity index (χ0) is 14.5. The van der Waals surface area contributed by atoms with Crippen molar-refractivity contribution in [2.24, 2.45) is 5.11 Å². The smallest absolute Gasteiger partial charge is 0.251 e. The van der Waals surface area contributed by atoms with E-state index in [4.69, 9.17) is 5.53 Å². The summed E-state index contributed by atoms with van der Waals surface area (Å²) in [5.74, 6) is -0.105. The topological polar surface area (TPSA) is 93.6 Å². The fourth-order valence-electron chi connectivity index (χ4n) is 2.10. The summed E-state index contributed by atoms with van der Waals surface area (Å²) in [7, 11) is 0. The maximum Gasteiger partial charge on any atom is 0.251 e. The van der Waals surface area contributed by atoms with E-state index in [0.717, 1.165) is 22.2 Å². The Hall–Kier alpha value is -2.46. The van der Waals surface area contributed by atoms with Gasteiger partial charge in [-0.05, 0) is 49.6 Å². The van der Waals surface area contributed by atoms with Crippen molar-refractivity contribution in [1.29, 1.82) is 0 Å². The number of rotatable bonds is 5. The Balaban J connectivity index is 2.06. The molecule has 0 spiro atoms. The monoisotopic (exact) mass is 271 g/mol. The molecule has 1 aromatic heterocycles. The van der Waals surface area contributed by atoms with E-state index in [1.807, 2.05) is 26.0 Å². The van der Waals surface area contributed by atoms with Crippen molar-refractivity contribution < 1.29 is 4.79 Å². The molecule has 104 valence electrons. The second kappa shape index (κ2) is 6.12. The maximum absolute atomic E-state index is 12.0. The predicted molar refractivity (Wildman–Crippen MR) is 78.7 cm³/mol. The first kappa shape index (κ1) is 14.0. The van der Waals surface area contributed by atoms with Gasteiger partial charge in [-0.2, -0.15) is 0 Å². The number of H-pyrrole nitrogens is 1. The first-order chi connectivity index (χ1) is 9.63. The van der Waals surface area contributed by atoms with E-state index >= 15 is 0 Å². The molecule has 0 radical (unpaired) electrons. The molecule has 2 N–H and O–H groups in total. The number of aromatic amines is 1. The molecule has 2 rings (SSSR count). The Bertz CT molecular complexity index is 682. The van der Waals surface area contributed by atoms with Crippen LogP contribution in [-0.4, -0.2) is 24.0 Å². The second-order valence-electron chi connectivity index (χ2n) is 4.70. The number of azide groups is 1. The van der Waals surface area contributed by atoms with Crippen LogP contribution in [0.4, 0.5) is 0 Å². The lowest BCUT2D eigenvalue weighted by molar-refractivity contribution is 0.0953. The van der Waals surface area contributed by atoms with Gasteiger partial charge in [-0.1, -0.05) is 5.11 Å². The summed E-state index contributed by atoms with van der Waals surface area (Å²) >= 11 is 0. The Morgan fingerprint density at radius 2 is 2.25 bits per heavy atom. The molecule has 1 aromatic carbocycles. The van der Waals surface area contributed by atoms with E-state index in [1.165, 1.54) is 0 Å². The normalized spacial score (nSPS) is 10.3. The largest absolute Gasteiger partial charge is 0.358 e. The van der Waals surface area contributed by atoms with Crippen LogP contribution in [-0.2, 0) is 0 Å². The van der Waals surface area contributed by atoms with Crippen molar-refractivity contribution in [1.82, 2.24) is 10.3 Å². The fourth-order valence-corrected chi connectivity index (χ4v) is 2.10. The third-order valence-electron chi connectivity index (χ3n) is 3.35. The highest BCUT2D eigenvalue weighted by Gasteiger charge is 2.09. The number of hydrogen-bond donors (Lipinski definition) is 2. The van der Waals surface area contributed by atoms with Gasteiger partial charge in [0, 0.05) is 40.2 Å². The third kappa shape index (κ3) is 2.92. The maximum atomic E-state index is 12.0. The number of nitrogens with one attached hydrogen (secondary N) is 2. The van der Waals surface area contributed by atoms with E-state index in [-0.39, 0.29) is 5.91 Å². The molecule has 0 aliphatic carbocycles. The minimum Gasteiger partial charge on any atom is -0.358 e. The Morgan fingerprint density at radius 3 is 3.00 bits per heavy atom. The quantitative estimate of drug-likeness (QED) is 0.371. The van der Waals surface area contributed by atoms with Crippen LogP contribution in [0.3, 0.4) is 0 Å². The summed E-state index contributed by atoms with van der Waals surface area (Å²) < 4.78 is 0. The number of aryl methyl sites for hydroxylation is 2. The Kier molecular flexibility index (Phi) is 4.27. The van der Waals surface area contributed by atoms with Crippen LogP contribution in [0.15, 0.2) is 23.3 Å². The Morgan fingerprint density at radius 1 is 1.45 bits per heavy atom. The number of nitrogens with zero attached hydrogens (tertiary/aromatic N) is 3. The summed E-state index contributed by atoms with van der Waals surface area (Å²) in [5, 5.41) is 7.31. The average molecular weight is 271 g/mol. The number of amides is 1. The molecule has 0 aliphatic rings. The molecule has 0 fully saturated rings. The SMILES string of the molecule is Cc1[nH]c2ccc(C(=O)NCCCN=[N+]=[N-])cc2c1C. The number of fused-ring (bicyclic) bond motifs is 1. The number of hydrogen-bond acceptors (Lipinski definition) is 2. The summed E-state index contributed by atoms with van der Waals surface area (Å²) in [5.41, 5.74) is 12.1. The molecule has 0 atom stereocenters. The van der Waals surface area contributed by atoms with Crippen LogP contribution < -0.4 is 5.32 Å². The molecule has 0 bridgehead atoms. The lowest BCUT2D eigenvalue weighted by Crippen LogP contribution is -2.24. The van der Waals surface area contributed by atoms with E-state index in [1.54, 1.807) is 6.07 Å². The second-order valence-corrected chi connectivity index (χ2v) is 4.70. The highest BCUT2D eigenvalue weighted by atomic mass is 16.1. The van der Waals surface area contributed by atoms with Gasteiger partial charge in [0.15, 0.2) is 0 Å². The van der Waals surface area contributed by atoms with Crippen molar-refractivity contribution in [3.63, 3.8) is 0 Å². The molecule has 0 saturated carbocycles. The zero-order valence-corrected chi connectivity index (χ0v) is 11.6. The van der Waals surface area contributed by atoms with Crippen LogP contribution in [0, 0.1) is 13.8 Å². The summed E-state index contributed by atoms with van der Waals surface area (Å²) in [6.45, 7) is 4.95. The summed E-state index contributed by atoms with van der Waals surface area (Å²) in [4.78, 5) is 18.0. The number of aromatic nitrogens is 1. The molecule has 0 unspecified atom stereocenters. The summed E-state index contributed by atoms with van der Waals surface area (Å²) in [6.07, 6.45) is 0.639. The van der Waals surface area contributed by atoms with E-state index in [9.17, 15) is 4.79 Å². The molecule has 6 heteroatoms. The standard InChI is InChI=1S/C14H17N5O/c1-9-10(2)18-13-5-4-11(8-12(9)13)14(20)16-6-3-7-17-19-15/h4-5,8,18H,3,6-7H2,1-2H3,(H,16,20). The molecule has 0 aliphatic heterocycles. The van der Waals surface area contributed by atoms with E-state index in [0.29, 0.717) is 25.1 Å². The average Bonchev–Trinajstić information content (AvgIpc) is 2.73. The van der Waals surface area contributed by atoms with E-state index in [2.05, 4.69) is 20.3 Å². The molecule has 6 nitrogen and oxygen atoms in total. The van der Waals surface area contributed by atoms with Gasteiger partial charge in [-0.25, -0.2) is 0 Å². The zero-order valence-electron chi connectivity index (χ0n) is 11.6. The first-order valence-electron chi connectivity index (χ1n) is 6.51. The van der Waals surface area contributed by atoms with Gasteiger partial charge in [0.2, 0.25) is 0 Å². The molecule has 2 aromatic rings. The highest BCUT2D eigenvalue weighted by molar-refractivity contribution is 5.99. The number of benzene rings is 1. The first-order valence-corrected chi connectivity index (χ1v) is 6.51. The molecule has 1 amide bonds. The predicted octanol–water partition coefficient (Wildman–Crippen LogP) is 3.21. The van der Waals surface area contributed by atoms with Crippen LogP contribution in [0.25, 0.3) is 21.3 Å². The van der Waals surface area contributed by atoms with Gasteiger partial charge in [-0.3, -0.25) is 4.79 Å². The molecular weight excluding hydrogens is 254 g/mol. The molecular formula is C14H17N5O. The van der Waals surface area contributed by atoms with Crippen molar-refractivity contribution in [2.45, 2.75) is 20.3 Å². The lowest BCUT2D eigenvalue weighted by atomic mass is 10.1. The summed E-state index contributed by atoms with van der Waals surface area (Å²) in [6, 6.07) is 5.63. The molecule has 1 heterocycles. The van der Waals surface area contributed by atoms with E-state index < -0.39 is 0 Å². The molecule has 0 saturated heterocycles. The lowest BCUT2D eigenvalue weighted by Gasteiger charge is -2.04. The van der Waals surface area contributed by atoms with Crippen LogP contribution in [0.2, 0.25) is 0 Å². The minimum absolute atomic E-state index is 0.105. The Labute approximate surface area is 116 Å². The van der Waals surface area contributed by atoms with Gasteiger partial charge < -0.3 is 10.3 Å². The number of carbonyl (C=O) groups is 1. The fraction of sp³-hybridized carbons (Fsp3) is 0.357. The van der Waals surface area contributed by atoms with Crippen LogP contribution >= 0.6 is 0 Å². The van der Waals surface area contributed by atoms with Crippen molar-refractivity contribution in [3.8, 4) is 0 Å². The van der Waals surface area contributed by atoms with Crippen molar-refractivity contribution >= 4 is 16.8 Å². The molecule has 20 heavy (non-hydrogen) atoms. The minimum atomic E-state index is -0.105. The van der Waals surface area contributed by atoms with Crippen molar-refractivity contribution in [3.05, 3.63) is 45.5 Å².